The molecule has 200 valence electrons. The smallest absolute Gasteiger partial charge is 0.273 e. The third kappa shape index (κ3) is 5.65. The Balaban J connectivity index is 1.88. The van der Waals surface area contributed by atoms with E-state index in [1.807, 2.05) is 32.0 Å². The van der Waals surface area contributed by atoms with E-state index in [4.69, 9.17) is 16.2 Å². The van der Waals surface area contributed by atoms with Crippen molar-refractivity contribution in [2.24, 2.45) is 5.73 Å². The van der Waals surface area contributed by atoms with Crippen LogP contribution in [0.2, 0.25) is 0 Å². The van der Waals surface area contributed by atoms with Crippen molar-refractivity contribution in [3.8, 4) is 5.75 Å². The van der Waals surface area contributed by atoms with Crippen molar-refractivity contribution in [3.05, 3.63) is 69.7 Å². The highest BCUT2D eigenvalue weighted by Gasteiger charge is 2.37. The number of nitrogens with one attached hydrogen (secondary N) is 1. The number of hydrogen-bond acceptors (Lipinski definition) is 7. The number of anilines is 2. The molecule has 2 aromatic carbocycles. The van der Waals surface area contributed by atoms with E-state index < -0.39 is 17.9 Å². The van der Waals surface area contributed by atoms with Gasteiger partial charge in [0.15, 0.2) is 5.69 Å². The van der Waals surface area contributed by atoms with E-state index in [9.17, 15) is 14.4 Å². The Kier molecular flexibility index (Phi) is 8.31. The maximum Gasteiger partial charge on any atom is 0.273 e. The van der Waals surface area contributed by atoms with Crippen LogP contribution < -0.4 is 26.4 Å². The number of nitrogens with zero attached hydrogens (tertiary/aromatic N) is 2. The van der Waals surface area contributed by atoms with Crippen LogP contribution in [-0.2, 0) is 4.79 Å². The highest BCUT2D eigenvalue weighted by atomic mass is 32.1. The summed E-state index contributed by atoms with van der Waals surface area (Å²) >= 11 is 0.793. The molecule has 0 bridgehead atoms. The van der Waals surface area contributed by atoms with Crippen molar-refractivity contribution in [3.63, 3.8) is 0 Å². The summed E-state index contributed by atoms with van der Waals surface area (Å²) in [4.78, 5) is 41.6. The Morgan fingerprint density at radius 2 is 1.76 bits per heavy atom. The number of benzene rings is 2. The average Bonchev–Trinajstić information content (AvgIpc) is 3.30. The van der Waals surface area contributed by atoms with Crippen LogP contribution in [0.1, 0.15) is 75.0 Å². The molecule has 0 saturated heterocycles. The Bertz CT molecular complexity index is 1330. The third-order valence-electron chi connectivity index (χ3n) is 6.89. The highest BCUT2D eigenvalue weighted by Crippen LogP contribution is 2.36. The fourth-order valence-electron chi connectivity index (χ4n) is 4.81. The number of carbonyl (C=O) groups is 3. The molecule has 0 unspecified atom stereocenters. The van der Waals surface area contributed by atoms with E-state index in [2.05, 4.69) is 9.69 Å². The highest BCUT2D eigenvalue weighted by molar-refractivity contribution is 7.09. The van der Waals surface area contributed by atoms with Gasteiger partial charge in [0, 0.05) is 11.7 Å². The Morgan fingerprint density at radius 1 is 1.08 bits per heavy atom. The van der Waals surface area contributed by atoms with Crippen LogP contribution in [0.25, 0.3) is 0 Å². The molecular weight excluding hydrogens is 502 g/mol. The maximum absolute atomic E-state index is 14.3. The molecule has 1 heterocycles. The summed E-state index contributed by atoms with van der Waals surface area (Å²) in [5, 5.41) is 3.19. The molecule has 3 amide bonds. The Labute approximate surface area is 226 Å². The van der Waals surface area contributed by atoms with Crippen molar-refractivity contribution in [1.29, 1.82) is 0 Å². The quantitative estimate of drug-likeness (QED) is 0.393. The number of aryl methyl sites for hydroxylation is 2. The largest absolute Gasteiger partial charge is 0.497 e. The number of nitrogen functional groups attached to an aromatic ring is 1. The maximum atomic E-state index is 14.3. The van der Waals surface area contributed by atoms with E-state index in [0.717, 1.165) is 54.8 Å². The minimum Gasteiger partial charge on any atom is -0.497 e. The zero-order valence-electron chi connectivity index (χ0n) is 21.8. The van der Waals surface area contributed by atoms with Crippen LogP contribution in [0.3, 0.4) is 0 Å². The van der Waals surface area contributed by atoms with Crippen molar-refractivity contribution in [2.75, 3.05) is 17.7 Å². The van der Waals surface area contributed by atoms with E-state index in [1.54, 1.807) is 31.4 Å². The molecule has 0 aliphatic heterocycles. The number of primary amides is 1. The minimum absolute atomic E-state index is 0.0301. The second kappa shape index (κ2) is 11.6. The predicted octanol–water partition coefficient (Wildman–Crippen LogP) is 4.29. The predicted molar refractivity (Wildman–Crippen MR) is 149 cm³/mol. The van der Waals surface area contributed by atoms with Gasteiger partial charge in [-0.15, -0.1) is 0 Å². The number of amides is 3. The van der Waals surface area contributed by atoms with E-state index in [-0.39, 0.29) is 28.2 Å². The van der Waals surface area contributed by atoms with Gasteiger partial charge >= 0.3 is 0 Å². The molecule has 0 spiro atoms. The number of ether oxygens (including phenoxy) is 1. The van der Waals surface area contributed by atoms with Gasteiger partial charge in [-0.1, -0.05) is 43.5 Å². The van der Waals surface area contributed by atoms with Crippen LogP contribution in [-0.4, -0.2) is 35.2 Å². The lowest BCUT2D eigenvalue weighted by Gasteiger charge is -2.34. The fourth-order valence-corrected chi connectivity index (χ4v) is 5.56. The van der Waals surface area contributed by atoms with Crippen molar-refractivity contribution in [1.82, 2.24) is 9.69 Å². The molecule has 1 fully saturated rings. The molecular formula is C28H33N5O4S. The van der Waals surface area contributed by atoms with Crippen LogP contribution in [0.5, 0.6) is 5.75 Å². The summed E-state index contributed by atoms with van der Waals surface area (Å²) in [5.74, 6) is -1.03. The second-order valence-corrected chi connectivity index (χ2v) is 10.4. The number of hydrogen-bond donors (Lipinski definition) is 3. The normalized spacial score (nSPS) is 14.5. The standard InChI is InChI=1S/C28H33N5O4S/c1-16-9-10-17(2)21(15-16)33(28(36)25-22(29)23(26(30)34)32-38-25)24(18-11-13-20(37-3)14-12-18)27(35)31-19-7-5-4-6-8-19/h9-15,19,24H,4-8,29H2,1-3H3,(H2,30,34)(H,31,35)/t24-/m0/s1. The molecule has 3 aromatic rings. The molecule has 10 heteroatoms. The molecule has 1 aromatic heterocycles. The monoisotopic (exact) mass is 535 g/mol. The van der Waals surface area contributed by atoms with Crippen molar-refractivity contribution in [2.45, 2.75) is 58.0 Å². The van der Waals surface area contributed by atoms with Gasteiger partial charge < -0.3 is 21.5 Å². The molecule has 5 N–H and O–H groups in total. The molecule has 4 rings (SSSR count). The van der Waals surface area contributed by atoms with Crippen LogP contribution in [0.4, 0.5) is 11.4 Å². The molecule has 1 saturated carbocycles. The van der Waals surface area contributed by atoms with Gasteiger partial charge in [0.2, 0.25) is 5.91 Å². The van der Waals surface area contributed by atoms with Gasteiger partial charge in [-0.2, -0.15) is 4.37 Å². The number of nitrogens with two attached hydrogens (primary N) is 2. The lowest BCUT2D eigenvalue weighted by atomic mass is 9.94. The first-order valence-corrected chi connectivity index (χ1v) is 13.4. The first-order chi connectivity index (χ1) is 18.2. The lowest BCUT2D eigenvalue weighted by molar-refractivity contribution is -0.123. The summed E-state index contributed by atoms with van der Waals surface area (Å²) in [6.07, 6.45) is 5.02. The number of carbonyl (C=O) groups excluding carboxylic acids is 3. The zero-order chi connectivity index (χ0) is 27.4. The van der Waals surface area contributed by atoms with Crippen molar-refractivity contribution < 1.29 is 19.1 Å². The molecule has 9 nitrogen and oxygen atoms in total. The molecule has 38 heavy (non-hydrogen) atoms. The van der Waals surface area contributed by atoms with E-state index in [0.29, 0.717) is 17.0 Å². The summed E-state index contributed by atoms with van der Waals surface area (Å²) < 4.78 is 9.34. The molecule has 1 aliphatic rings. The summed E-state index contributed by atoms with van der Waals surface area (Å²) in [6, 6.07) is 11.8. The Hall–Kier alpha value is -3.92. The van der Waals surface area contributed by atoms with Gasteiger partial charge in [-0.05, 0) is 73.1 Å². The van der Waals surface area contributed by atoms with Gasteiger partial charge in [0.05, 0.1) is 12.8 Å². The van der Waals surface area contributed by atoms with E-state index >= 15 is 0 Å². The van der Waals surface area contributed by atoms with Gasteiger partial charge in [-0.25, -0.2) is 0 Å². The first kappa shape index (κ1) is 27.1. The number of aromatic nitrogens is 1. The summed E-state index contributed by atoms with van der Waals surface area (Å²) in [5.41, 5.74) is 14.2. The van der Waals surface area contributed by atoms with Gasteiger partial charge in [0.25, 0.3) is 11.8 Å². The lowest BCUT2D eigenvalue weighted by Crippen LogP contribution is -2.47. The molecule has 0 radical (unpaired) electrons. The summed E-state index contributed by atoms with van der Waals surface area (Å²) in [7, 11) is 1.57. The first-order valence-electron chi connectivity index (χ1n) is 12.6. The second-order valence-electron chi connectivity index (χ2n) is 9.62. The topological polar surface area (TPSA) is 141 Å². The van der Waals surface area contributed by atoms with Gasteiger partial charge in [-0.3, -0.25) is 19.3 Å². The fraction of sp³-hybridized carbons (Fsp3) is 0.357. The van der Waals surface area contributed by atoms with E-state index in [1.165, 1.54) is 4.90 Å². The van der Waals surface area contributed by atoms with Crippen LogP contribution >= 0.6 is 11.5 Å². The minimum atomic E-state index is -1.02. The zero-order valence-corrected chi connectivity index (χ0v) is 22.6. The van der Waals surface area contributed by atoms with Crippen molar-refractivity contribution >= 4 is 40.6 Å². The third-order valence-corrected chi connectivity index (χ3v) is 7.74. The van der Waals surface area contributed by atoms with Crippen LogP contribution in [0.15, 0.2) is 42.5 Å². The van der Waals surface area contributed by atoms with Gasteiger partial charge in [0.1, 0.15) is 16.7 Å². The number of rotatable bonds is 8. The number of methoxy groups -OCH3 is 1. The average molecular weight is 536 g/mol. The SMILES string of the molecule is COc1ccc([C@@H](C(=O)NC2CCCCC2)N(C(=O)c2snc(C(N)=O)c2N)c2cc(C)ccc2C)cc1. The summed E-state index contributed by atoms with van der Waals surface area (Å²) in [6.45, 7) is 3.80. The Morgan fingerprint density at radius 3 is 2.37 bits per heavy atom. The van der Waals surface area contributed by atoms with Crippen LogP contribution in [0, 0.1) is 13.8 Å². The molecule has 1 aliphatic carbocycles. The molecule has 1 atom stereocenters.